The topological polar surface area (TPSA) is 9.72 Å². The predicted molar refractivity (Wildman–Crippen MR) is 80.3 cm³/mol. The average molecular weight is 265 g/mol. The molecular formula is C16H31N3. The Kier molecular flexibility index (Phi) is 3.89. The van der Waals surface area contributed by atoms with Gasteiger partial charge in [0.1, 0.15) is 0 Å². The minimum Gasteiger partial charge on any atom is -0.302 e. The molecule has 0 aromatic carbocycles. The Balaban J connectivity index is 1.41. The summed E-state index contributed by atoms with van der Waals surface area (Å²) in [5.41, 5.74) is 0. The lowest BCUT2D eigenvalue weighted by Gasteiger charge is -2.43. The summed E-state index contributed by atoms with van der Waals surface area (Å²) < 4.78 is 0. The van der Waals surface area contributed by atoms with E-state index in [9.17, 15) is 0 Å². The number of rotatable bonds is 4. The molecule has 3 aliphatic heterocycles. The monoisotopic (exact) mass is 265 g/mol. The van der Waals surface area contributed by atoms with E-state index in [1.807, 2.05) is 0 Å². The molecule has 0 amide bonds. The zero-order chi connectivity index (χ0) is 13.6. The van der Waals surface area contributed by atoms with E-state index in [1.54, 1.807) is 0 Å². The molecule has 3 saturated heterocycles. The van der Waals surface area contributed by atoms with E-state index < -0.39 is 0 Å². The van der Waals surface area contributed by atoms with Gasteiger partial charge in [-0.15, -0.1) is 0 Å². The maximum absolute atomic E-state index is 2.76. The maximum Gasteiger partial charge on any atom is 0.00388 e. The highest BCUT2D eigenvalue weighted by atomic mass is 15.3. The van der Waals surface area contributed by atoms with Crippen LogP contribution in [0, 0.1) is 17.8 Å². The van der Waals surface area contributed by atoms with Crippen LogP contribution in [-0.4, -0.2) is 72.6 Å². The van der Waals surface area contributed by atoms with E-state index in [-0.39, 0.29) is 0 Å². The minimum absolute atomic E-state index is 0.741. The molecule has 0 aliphatic carbocycles. The van der Waals surface area contributed by atoms with E-state index in [0.717, 1.165) is 29.8 Å². The first kappa shape index (κ1) is 13.8. The highest BCUT2D eigenvalue weighted by Crippen LogP contribution is 2.33. The van der Waals surface area contributed by atoms with Gasteiger partial charge in [-0.2, -0.15) is 0 Å². The van der Waals surface area contributed by atoms with Gasteiger partial charge in [-0.05, 0) is 45.4 Å². The Morgan fingerprint density at radius 1 is 0.737 bits per heavy atom. The third-order valence-corrected chi connectivity index (χ3v) is 5.55. The molecular weight excluding hydrogens is 234 g/mol. The molecule has 3 aliphatic rings. The second kappa shape index (κ2) is 5.34. The molecule has 0 bridgehead atoms. The van der Waals surface area contributed by atoms with E-state index in [1.165, 1.54) is 45.8 Å². The molecule has 110 valence electrons. The lowest BCUT2D eigenvalue weighted by molar-refractivity contribution is 0.0447. The van der Waals surface area contributed by atoms with Crippen LogP contribution in [0.1, 0.15) is 27.7 Å². The second-order valence-corrected chi connectivity index (χ2v) is 7.70. The Labute approximate surface area is 118 Å². The Morgan fingerprint density at radius 2 is 1.21 bits per heavy atom. The SMILES string of the molecule is CC(C)N1CC(CN2CC3CN(C(C)C)CC3C2)C1. The molecule has 3 rings (SSSR count). The summed E-state index contributed by atoms with van der Waals surface area (Å²) in [6.45, 7) is 18.8. The van der Waals surface area contributed by atoms with Crippen molar-refractivity contribution in [2.24, 2.45) is 17.8 Å². The molecule has 19 heavy (non-hydrogen) atoms. The van der Waals surface area contributed by atoms with Gasteiger partial charge in [-0.3, -0.25) is 0 Å². The zero-order valence-corrected chi connectivity index (χ0v) is 13.2. The van der Waals surface area contributed by atoms with Crippen LogP contribution in [0.2, 0.25) is 0 Å². The summed E-state index contributed by atoms with van der Waals surface area (Å²) in [6, 6.07) is 1.49. The van der Waals surface area contributed by atoms with Crippen LogP contribution < -0.4 is 0 Å². The van der Waals surface area contributed by atoms with Gasteiger partial charge in [0.25, 0.3) is 0 Å². The molecule has 2 unspecified atom stereocenters. The summed E-state index contributed by atoms with van der Waals surface area (Å²) in [7, 11) is 0. The molecule has 0 aromatic heterocycles. The van der Waals surface area contributed by atoms with Crippen molar-refractivity contribution < 1.29 is 0 Å². The van der Waals surface area contributed by atoms with Gasteiger partial charge in [0, 0.05) is 57.9 Å². The molecule has 0 aromatic rings. The fourth-order valence-electron chi connectivity index (χ4n) is 4.21. The standard InChI is InChI=1S/C16H31N3/c1-12(2)18-6-14(7-18)5-17-8-15-10-19(13(3)4)11-16(15)9-17/h12-16H,5-11H2,1-4H3. The Bertz CT molecular complexity index is 292. The first-order valence-corrected chi connectivity index (χ1v) is 8.23. The molecule has 3 heterocycles. The molecule has 2 atom stereocenters. The van der Waals surface area contributed by atoms with Gasteiger partial charge >= 0.3 is 0 Å². The number of likely N-dealkylation sites (tertiary alicyclic amines) is 3. The fraction of sp³-hybridized carbons (Fsp3) is 1.00. The lowest BCUT2D eigenvalue weighted by atomic mass is 9.98. The molecule has 3 heteroatoms. The van der Waals surface area contributed by atoms with Crippen LogP contribution in [0.4, 0.5) is 0 Å². The van der Waals surface area contributed by atoms with E-state index >= 15 is 0 Å². The second-order valence-electron chi connectivity index (χ2n) is 7.70. The van der Waals surface area contributed by atoms with Crippen molar-refractivity contribution in [1.82, 2.24) is 14.7 Å². The van der Waals surface area contributed by atoms with E-state index in [4.69, 9.17) is 0 Å². The van der Waals surface area contributed by atoms with Crippen molar-refractivity contribution >= 4 is 0 Å². The summed E-state index contributed by atoms with van der Waals surface area (Å²) in [6.07, 6.45) is 0. The van der Waals surface area contributed by atoms with Gasteiger partial charge in [0.05, 0.1) is 0 Å². The highest BCUT2D eigenvalue weighted by Gasteiger charge is 2.41. The highest BCUT2D eigenvalue weighted by molar-refractivity contribution is 4.95. The van der Waals surface area contributed by atoms with Crippen molar-refractivity contribution in [3.63, 3.8) is 0 Å². The van der Waals surface area contributed by atoms with Gasteiger partial charge in [0.15, 0.2) is 0 Å². The summed E-state index contributed by atoms with van der Waals surface area (Å²) >= 11 is 0. The van der Waals surface area contributed by atoms with E-state index in [2.05, 4.69) is 42.4 Å². The predicted octanol–water partition coefficient (Wildman–Crippen LogP) is 1.60. The van der Waals surface area contributed by atoms with Crippen LogP contribution >= 0.6 is 0 Å². The fourth-order valence-corrected chi connectivity index (χ4v) is 4.21. The normalized spacial score (nSPS) is 34.4. The van der Waals surface area contributed by atoms with Gasteiger partial charge in [0.2, 0.25) is 0 Å². The molecule has 3 fully saturated rings. The van der Waals surface area contributed by atoms with E-state index in [0.29, 0.717) is 0 Å². The van der Waals surface area contributed by atoms with Crippen molar-refractivity contribution in [3.05, 3.63) is 0 Å². The number of fused-ring (bicyclic) bond motifs is 1. The van der Waals surface area contributed by atoms with Crippen molar-refractivity contribution in [3.8, 4) is 0 Å². The molecule has 0 spiro atoms. The summed E-state index contributed by atoms with van der Waals surface area (Å²) in [5, 5.41) is 0. The van der Waals surface area contributed by atoms with Crippen LogP contribution in [0.3, 0.4) is 0 Å². The average Bonchev–Trinajstić information content (AvgIpc) is 2.78. The Morgan fingerprint density at radius 3 is 1.68 bits per heavy atom. The van der Waals surface area contributed by atoms with Crippen LogP contribution in [0.15, 0.2) is 0 Å². The van der Waals surface area contributed by atoms with Crippen molar-refractivity contribution in [1.29, 1.82) is 0 Å². The van der Waals surface area contributed by atoms with Crippen LogP contribution in [0.5, 0.6) is 0 Å². The van der Waals surface area contributed by atoms with Crippen LogP contribution in [0.25, 0.3) is 0 Å². The third-order valence-electron chi connectivity index (χ3n) is 5.55. The van der Waals surface area contributed by atoms with Crippen LogP contribution in [-0.2, 0) is 0 Å². The quantitative estimate of drug-likeness (QED) is 0.764. The first-order chi connectivity index (χ1) is 9.02. The van der Waals surface area contributed by atoms with Gasteiger partial charge < -0.3 is 14.7 Å². The van der Waals surface area contributed by atoms with Crippen molar-refractivity contribution in [2.45, 2.75) is 39.8 Å². The summed E-state index contributed by atoms with van der Waals surface area (Å²) in [5.74, 6) is 2.87. The lowest BCUT2D eigenvalue weighted by Crippen LogP contribution is -2.53. The number of hydrogen-bond acceptors (Lipinski definition) is 3. The molecule has 3 nitrogen and oxygen atoms in total. The van der Waals surface area contributed by atoms with Crippen molar-refractivity contribution in [2.75, 3.05) is 45.8 Å². The molecule has 0 saturated carbocycles. The zero-order valence-electron chi connectivity index (χ0n) is 13.2. The summed E-state index contributed by atoms with van der Waals surface area (Å²) in [4.78, 5) is 8.04. The number of nitrogens with zero attached hydrogens (tertiary/aromatic N) is 3. The maximum atomic E-state index is 2.76. The Hall–Kier alpha value is -0.120. The minimum atomic E-state index is 0.741. The number of hydrogen-bond donors (Lipinski definition) is 0. The third kappa shape index (κ3) is 2.84. The molecule has 0 N–H and O–H groups in total. The first-order valence-electron chi connectivity index (χ1n) is 8.23. The smallest absolute Gasteiger partial charge is 0.00388 e. The van der Waals surface area contributed by atoms with Gasteiger partial charge in [-0.25, -0.2) is 0 Å². The molecule has 0 radical (unpaired) electrons. The largest absolute Gasteiger partial charge is 0.302 e. The van der Waals surface area contributed by atoms with Gasteiger partial charge in [-0.1, -0.05) is 0 Å².